The third kappa shape index (κ3) is 3.22. The van der Waals surface area contributed by atoms with Gasteiger partial charge in [-0.2, -0.15) is 0 Å². The van der Waals surface area contributed by atoms with Crippen molar-refractivity contribution in [1.29, 1.82) is 0 Å². The van der Waals surface area contributed by atoms with Crippen molar-refractivity contribution < 1.29 is 4.74 Å². The summed E-state index contributed by atoms with van der Waals surface area (Å²) in [6.45, 7) is 9.33. The molecule has 0 amide bonds. The normalized spacial score (nSPS) is 12.2. The Labute approximate surface area is 122 Å². The molecule has 0 saturated carbocycles. The molecule has 0 unspecified atom stereocenters. The maximum atomic E-state index is 5.77. The zero-order valence-electron chi connectivity index (χ0n) is 13.0. The van der Waals surface area contributed by atoms with E-state index in [1.165, 1.54) is 34.2 Å². The van der Waals surface area contributed by atoms with E-state index >= 15 is 0 Å². The summed E-state index contributed by atoms with van der Waals surface area (Å²) < 4.78 is 5.77. The molecule has 3 rings (SSSR count). The molecule has 2 aromatic rings. The van der Waals surface area contributed by atoms with Crippen molar-refractivity contribution in [2.45, 2.75) is 40.5 Å². The second kappa shape index (κ2) is 6.60. The van der Waals surface area contributed by atoms with Crippen LogP contribution in [0.25, 0.3) is 11.1 Å². The number of aryl methyl sites for hydroxylation is 2. The number of ether oxygens (including phenoxy) is 1. The summed E-state index contributed by atoms with van der Waals surface area (Å²) in [6, 6.07) is 13.1. The second-order valence-electron chi connectivity index (χ2n) is 5.47. The van der Waals surface area contributed by atoms with Gasteiger partial charge >= 0.3 is 0 Å². The number of hydrogen-bond donors (Lipinski definition) is 0. The Kier molecular flexibility index (Phi) is 4.84. The Morgan fingerprint density at radius 2 is 1.60 bits per heavy atom. The lowest BCUT2D eigenvalue weighted by atomic mass is 9.98. The van der Waals surface area contributed by atoms with Crippen molar-refractivity contribution in [1.82, 2.24) is 0 Å². The minimum atomic E-state index is 0.817. The second-order valence-corrected chi connectivity index (χ2v) is 5.47. The molecule has 0 N–H and O–H groups in total. The summed E-state index contributed by atoms with van der Waals surface area (Å²) in [4.78, 5) is 0. The molecule has 1 aliphatic rings. The van der Waals surface area contributed by atoms with Crippen LogP contribution >= 0.6 is 0 Å². The monoisotopic (exact) mass is 268 g/mol. The number of hydrogen-bond acceptors (Lipinski definition) is 1. The molecule has 2 aromatic carbocycles. The van der Waals surface area contributed by atoms with Gasteiger partial charge in [-0.05, 0) is 36.6 Å². The SMILES string of the molecule is CCC.Cc1ccc(-c2cc(C)cc3c2OCC3)cc1. The van der Waals surface area contributed by atoms with Crippen molar-refractivity contribution in [2.75, 3.05) is 6.61 Å². The van der Waals surface area contributed by atoms with Gasteiger partial charge in [-0.1, -0.05) is 56.2 Å². The van der Waals surface area contributed by atoms with E-state index < -0.39 is 0 Å². The lowest BCUT2D eigenvalue weighted by Gasteiger charge is -2.10. The molecular formula is C19H24O. The third-order valence-corrected chi connectivity index (χ3v) is 3.29. The largest absolute Gasteiger partial charge is 0.492 e. The number of fused-ring (bicyclic) bond motifs is 1. The fourth-order valence-electron chi connectivity index (χ4n) is 2.41. The molecule has 0 spiro atoms. The molecule has 0 aromatic heterocycles. The van der Waals surface area contributed by atoms with E-state index in [0.29, 0.717) is 0 Å². The molecule has 0 radical (unpaired) electrons. The van der Waals surface area contributed by atoms with Crippen LogP contribution in [-0.2, 0) is 6.42 Å². The van der Waals surface area contributed by atoms with E-state index in [0.717, 1.165) is 18.8 Å². The van der Waals surface area contributed by atoms with E-state index in [9.17, 15) is 0 Å². The molecule has 1 aliphatic heterocycles. The van der Waals surface area contributed by atoms with E-state index in [-0.39, 0.29) is 0 Å². The van der Waals surface area contributed by atoms with Crippen LogP contribution in [0.5, 0.6) is 5.75 Å². The number of benzene rings is 2. The highest BCUT2D eigenvalue weighted by Crippen LogP contribution is 2.37. The quantitative estimate of drug-likeness (QED) is 0.680. The van der Waals surface area contributed by atoms with Crippen molar-refractivity contribution >= 4 is 0 Å². The van der Waals surface area contributed by atoms with Crippen molar-refractivity contribution in [3.8, 4) is 16.9 Å². The number of rotatable bonds is 1. The Hall–Kier alpha value is -1.76. The predicted molar refractivity (Wildman–Crippen MR) is 86.5 cm³/mol. The van der Waals surface area contributed by atoms with Gasteiger partial charge in [0.2, 0.25) is 0 Å². The van der Waals surface area contributed by atoms with E-state index in [4.69, 9.17) is 4.74 Å². The van der Waals surface area contributed by atoms with Crippen LogP contribution in [0.3, 0.4) is 0 Å². The van der Waals surface area contributed by atoms with Crippen molar-refractivity contribution in [3.05, 3.63) is 53.1 Å². The van der Waals surface area contributed by atoms with Gasteiger partial charge in [0.25, 0.3) is 0 Å². The molecule has 0 saturated heterocycles. The van der Waals surface area contributed by atoms with Crippen LogP contribution < -0.4 is 4.74 Å². The molecule has 1 heteroatoms. The summed E-state index contributed by atoms with van der Waals surface area (Å²) >= 11 is 0. The highest BCUT2D eigenvalue weighted by atomic mass is 16.5. The first-order valence-corrected chi connectivity index (χ1v) is 7.49. The molecule has 1 nitrogen and oxygen atoms in total. The maximum absolute atomic E-state index is 5.77. The standard InChI is InChI=1S/C16H16O.C3H8/c1-11-3-5-13(6-4-11)15-10-12(2)9-14-7-8-17-16(14)15;1-3-2/h3-6,9-10H,7-8H2,1-2H3;3H2,1-2H3. The highest BCUT2D eigenvalue weighted by Gasteiger charge is 2.17. The lowest BCUT2D eigenvalue weighted by Crippen LogP contribution is -1.89. The topological polar surface area (TPSA) is 9.23 Å². The highest BCUT2D eigenvalue weighted by molar-refractivity contribution is 5.74. The molecule has 0 bridgehead atoms. The molecule has 0 fully saturated rings. The summed E-state index contributed by atoms with van der Waals surface area (Å²) in [5, 5.41) is 0. The van der Waals surface area contributed by atoms with E-state index in [1.54, 1.807) is 0 Å². The van der Waals surface area contributed by atoms with Gasteiger partial charge in [0, 0.05) is 12.0 Å². The van der Waals surface area contributed by atoms with Gasteiger partial charge in [-0.15, -0.1) is 0 Å². The van der Waals surface area contributed by atoms with Crippen molar-refractivity contribution in [3.63, 3.8) is 0 Å². The zero-order valence-corrected chi connectivity index (χ0v) is 13.0. The van der Waals surface area contributed by atoms with Crippen LogP contribution in [0.2, 0.25) is 0 Å². The first kappa shape index (κ1) is 14.6. The van der Waals surface area contributed by atoms with E-state index in [2.05, 4.69) is 64.1 Å². The zero-order chi connectivity index (χ0) is 14.5. The van der Waals surface area contributed by atoms with Gasteiger partial charge in [-0.25, -0.2) is 0 Å². The Balaban J connectivity index is 0.000000452. The maximum Gasteiger partial charge on any atom is 0.130 e. The van der Waals surface area contributed by atoms with E-state index in [1.807, 2.05) is 0 Å². The Bertz CT molecular complexity index is 567. The van der Waals surface area contributed by atoms with Gasteiger partial charge in [0.1, 0.15) is 5.75 Å². The van der Waals surface area contributed by atoms with Crippen molar-refractivity contribution in [2.24, 2.45) is 0 Å². The van der Waals surface area contributed by atoms with Gasteiger partial charge in [-0.3, -0.25) is 0 Å². The fraction of sp³-hybridized carbons (Fsp3) is 0.368. The molecule has 0 aliphatic carbocycles. The molecule has 106 valence electrons. The average molecular weight is 268 g/mol. The molecule has 0 atom stereocenters. The van der Waals surface area contributed by atoms with Crippen LogP contribution in [-0.4, -0.2) is 6.61 Å². The predicted octanol–water partition coefficient (Wildman–Crippen LogP) is 5.32. The summed E-state index contributed by atoms with van der Waals surface area (Å²) in [7, 11) is 0. The lowest BCUT2D eigenvalue weighted by molar-refractivity contribution is 0.358. The minimum absolute atomic E-state index is 0.817. The molecule has 1 heterocycles. The van der Waals surface area contributed by atoms with Gasteiger partial charge in [0.15, 0.2) is 0 Å². The molecular weight excluding hydrogens is 244 g/mol. The third-order valence-electron chi connectivity index (χ3n) is 3.29. The minimum Gasteiger partial charge on any atom is -0.492 e. The van der Waals surface area contributed by atoms with Gasteiger partial charge < -0.3 is 4.74 Å². The van der Waals surface area contributed by atoms with Crippen LogP contribution in [0.1, 0.15) is 37.0 Å². The Morgan fingerprint density at radius 1 is 0.950 bits per heavy atom. The van der Waals surface area contributed by atoms with Crippen LogP contribution in [0.4, 0.5) is 0 Å². The average Bonchev–Trinajstić information content (AvgIpc) is 2.87. The summed E-state index contributed by atoms with van der Waals surface area (Å²) in [5.41, 5.74) is 6.43. The summed E-state index contributed by atoms with van der Waals surface area (Å²) in [6.07, 6.45) is 2.29. The first-order chi connectivity index (χ1) is 9.65. The Morgan fingerprint density at radius 3 is 2.25 bits per heavy atom. The van der Waals surface area contributed by atoms with Crippen LogP contribution in [0, 0.1) is 13.8 Å². The summed E-state index contributed by atoms with van der Waals surface area (Å²) in [5.74, 6) is 1.08. The first-order valence-electron chi connectivity index (χ1n) is 7.49. The van der Waals surface area contributed by atoms with Gasteiger partial charge in [0.05, 0.1) is 6.61 Å². The van der Waals surface area contributed by atoms with Crippen LogP contribution in [0.15, 0.2) is 36.4 Å². The smallest absolute Gasteiger partial charge is 0.130 e. The molecule has 20 heavy (non-hydrogen) atoms. The fourth-order valence-corrected chi connectivity index (χ4v) is 2.41.